The van der Waals surface area contributed by atoms with Crippen molar-refractivity contribution in [3.63, 3.8) is 0 Å². The van der Waals surface area contributed by atoms with Gasteiger partial charge < -0.3 is 10.2 Å². The molecule has 2 fully saturated rings. The van der Waals surface area contributed by atoms with Crippen LogP contribution >= 0.6 is 0 Å². The van der Waals surface area contributed by atoms with Crippen LogP contribution in [0.3, 0.4) is 0 Å². The topological polar surface area (TPSA) is 77.8 Å². The molecule has 1 spiro atoms. The molecule has 0 aromatic carbocycles. The van der Waals surface area contributed by atoms with Gasteiger partial charge in [0.2, 0.25) is 0 Å². The Morgan fingerprint density at radius 1 is 1.31 bits per heavy atom. The number of carboxylic acid groups (broad SMARTS) is 2. The first-order chi connectivity index (χ1) is 7.51. The van der Waals surface area contributed by atoms with E-state index in [1.54, 1.807) is 0 Å². The second kappa shape index (κ2) is 4.05. The Morgan fingerprint density at radius 3 is 2.62 bits per heavy atom. The first-order valence-electron chi connectivity index (χ1n) is 5.68. The molecule has 1 aliphatic heterocycles. The van der Waals surface area contributed by atoms with Crippen molar-refractivity contribution in [1.82, 2.24) is 4.90 Å². The summed E-state index contributed by atoms with van der Waals surface area (Å²) in [6, 6.07) is 0. The SMILES string of the molecule is O=C(O)CN1CC[C@@]2(CC[C@H](C(=O)O)C2)C1. The maximum atomic E-state index is 10.9. The molecular weight excluding hydrogens is 210 g/mol. The fourth-order valence-corrected chi connectivity index (χ4v) is 3.14. The zero-order chi connectivity index (χ0) is 11.8. The van der Waals surface area contributed by atoms with Crippen molar-refractivity contribution >= 4 is 11.9 Å². The summed E-state index contributed by atoms with van der Waals surface area (Å²) in [7, 11) is 0. The molecule has 16 heavy (non-hydrogen) atoms. The molecule has 0 aromatic rings. The summed E-state index contributed by atoms with van der Waals surface area (Å²) in [6.07, 6.45) is 3.35. The second-order valence-corrected chi connectivity index (χ2v) is 5.13. The summed E-state index contributed by atoms with van der Waals surface area (Å²) in [6.45, 7) is 1.63. The Hall–Kier alpha value is -1.10. The Kier molecular flexibility index (Phi) is 2.88. The molecule has 0 amide bonds. The average molecular weight is 227 g/mol. The van der Waals surface area contributed by atoms with Crippen LogP contribution in [0, 0.1) is 11.3 Å². The van der Waals surface area contributed by atoms with Crippen LogP contribution in [0.2, 0.25) is 0 Å². The zero-order valence-electron chi connectivity index (χ0n) is 9.19. The fraction of sp³-hybridized carbons (Fsp3) is 0.818. The summed E-state index contributed by atoms with van der Waals surface area (Å²) in [5.74, 6) is -1.72. The largest absolute Gasteiger partial charge is 0.481 e. The molecule has 0 unspecified atom stereocenters. The predicted molar refractivity (Wildman–Crippen MR) is 56.1 cm³/mol. The third kappa shape index (κ3) is 2.19. The molecule has 5 heteroatoms. The van der Waals surface area contributed by atoms with Crippen molar-refractivity contribution in [2.24, 2.45) is 11.3 Å². The van der Waals surface area contributed by atoms with E-state index < -0.39 is 11.9 Å². The van der Waals surface area contributed by atoms with Crippen LogP contribution in [0.5, 0.6) is 0 Å². The van der Waals surface area contributed by atoms with Gasteiger partial charge in [0.15, 0.2) is 0 Å². The third-order valence-corrected chi connectivity index (χ3v) is 3.93. The smallest absolute Gasteiger partial charge is 0.317 e. The molecule has 0 bridgehead atoms. The summed E-state index contributed by atoms with van der Waals surface area (Å²) in [5.41, 5.74) is 0.0819. The monoisotopic (exact) mass is 227 g/mol. The van der Waals surface area contributed by atoms with Gasteiger partial charge in [0.25, 0.3) is 0 Å². The summed E-state index contributed by atoms with van der Waals surface area (Å²) >= 11 is 0. The van der Waals surface area contributed by atoms with Gasteiger partial charge in [-0.25, -0.2) is 0 Å². The Labute approximate surface area is 94.0 Å². The zero-order valence-corrected chi connectivity index (χ0v) is 9.19. The lowest BCUT2D eigenvalue weighted by Crippen LogP contribution is -2.30. The third-order valence-electron chi connectivity index (χ3n) is 3.93. The van der Waals surface area contributed by atoms with Crippen molar-refractivity contribution in [2.45, 2.75) is 25.7 Å². The minimum absolute atomic E-state index is 0.0819. The fourth-order valence-electron chi connectivity index (χ4n) is 3.14. The summed E-state index contributed by atoms with van der Waals surface area (Å²) in [5, 5.41) is 17.7. The highest BCUT2D eigenvalue weighted by molar-refractivity contribution is 5.70. The van der Waals surface area contributed by atoms with E-state index in [9.17, 15) is 9.59 Å². The first-order valence-corrected chi connectivity index (χ1v) is 5.68. The highest BCUT2D eigenvalue weighted by atomic mass is 16.4. The van der Waals surface area contributed by atoms with Crippen LogP contribution in [0.1, 0.15) is 25.7 Å². The van der Waals surface area contributed by atoms with E-state index in [2.05, 4.69) is 0 Å². The van der Waals surface area contributed by atoms with Crippen LogP contribution in [0.15, 0.2) is 0 Å². The van der Waals surface area contributed by atoms with E-state index in [4.69, 9.17) is 10.2 Å². The van der Waals surface area contributed by atoms with Gasteiger partial charge in [-0.2, -0.15) is 0 Å². The molecule has 90 valence electrons. The lowest BCUT2D eigenvalue weighted by atomic mass is 9.84. The van der Waals surface area contributed by atoms with Gasteiger partial charge in [0.1, 0.15) is 0 Å². The molecule has 1 saturated heterocycles. The molecule has 2 atom stereocenters. The molecule has 0 aromatic heterocycles. The summed E-state index contributed by atoms with van der Waals surface area (Å²) in [4.78, 5) is 23.4. The number of aliphatic carboxylic acids is 2. The molecule has 1 aliphatic carbocycles. The number of rotatable bonds is 3. The molecule has 1 heterocycles. The van der Waals surface area contributed by atoms with Gasteiger partial charge in [-0.3, -0.25) is 14.5 Å². The Bertz CT molecular complexity index is 317. The number of carbonyl (C=O) groups is 2. The van der Waals surface area contributed by atoms with Crippen LogP contribution in [-0.4, -0.2) is 46.7 Å². The first kappa shape index (κ1) is 11.4. The van der Waals surface area contributed by atoms with Gasteiger partial charge in [-0.05, 0) is 37.6 Å². The molecular formula is C11H17NO4. The van der Waals surface area contributed by atoms with Crippen molar-refractivity contribution < 1.29 is 19.8 Å². The molecule has 2 rings (SSSR count). The van der Waals surface area contributed by atoms with Gasteiger partial charge in [0.05, 0.1) is 12.5 Å². The number of nitrogens with zero attached hydrogens (tertiary/aromatic N) is 1. The quantitative estimate of drug-likeness (QED) is 0.740. The van der Waals surface area contributed by atoms with E-state index in [1.165, 1.54) is 0 Å². The van der Waals surface area contributed by atoms with Crippen molar-refractivity contribution in [1.29, 1.82) is 0 Å². The molecule has 0 radical (unpaired) electrons. The lowest BCUT2D eigenvalue weighted by Gasteiger charge is -2.23. The van der Waals surface area contributed by atoms with E-state index in [0.717, 1.165) is 38.8 Å². The minimum Gasteiger partial charge on any atom is -0.481 e. The highest BCUT2D eigenvalue weighted by Crippen LogP contribution is 2.47. The number of hydrogen-bond acceptors (Lipinski definition) is 3. The average Bonchev–Trinajstić information content (AvgIpc) is 2.74. The molecule has 5 nitrogen and oxygen atoms in total. The van der Waals surface area contributed by atoms with Crippen molar-refractivity contribution in [2.75, 3.05) is 19.6 Å². The number of carboxylic acids is 2. The van der Waals surface area contributed by atoms with Gasteiger partial charge in [-0.1, -0.05) is 0 Å². The van der Waals surface area contributed by atoms with Crippen LogP contribution in [0.4, 0.5) is 0 Å². The van der Waals surface area contributed by atoms with Gasteiger partial charge in [0, 0.05) is 6.54 Å². The van der Waals surface area contributed by atoms with E-state index >= 15 is 0 Å². The van der Waals surface area contributed by atoms with Crippen LogP contribution in [0.25, 0.3) is 0 Å². The Morgan fingerprint density at radius 2 is 2.06 bits per heavy atom. The molecule has 1 saturated carbocycles. The van der Waals surface area contributed by atoms with Crippen molar-refractivity contribution in [3.05, 3.63) is 0 Å². The maximum absolute atomic E-state index is 10.9. The van der Waals surface area contributed by atoms with E-state index in [0.29, 0.717) is 0 Å². The second-order valence-electron chi connectivity index (χ2n) is 5.13. The maximum Gasteiger partial charge on any atom is 0.317 e. The normalized spacial score (nSPS) is 34.6. The predicted octanol–water partition coefficient (Wildman–Crippen LogP) is 0.648. The number of hydrogen-bond donors (Lipinski definition) is 2. The van der Waals surface area contributed by atoms with Crippen LogP contribution in [-0.2, 0) is 9.59 Å². The standard InChI is InChI=1S/C11H17NO4/c13-9(14)6-12-4-3-11(7-12)2-1-8(5-11)10(15)16/h8H,1-7H2,(H,13,14)(H,15,16)/t8-,11+/m0/s1. The summed E-state index contributed by atoms with van der Waals surface area (Å²) < 4.78 is 0. The van der Waals surface area contributed by atoms with Gasteiger partial charge in [-0.15, -0.1) is 0 Å². The highest BCUT2D eigenvalue weighted by Gasteiger charge is 2.46. The molecule has 2 aliphatic rings. The van der Waals surface area contributed by atoms with Crippen molar-refractivity contribution in [3.8, 4) is 0 Å². The molecule has 2 N–H and O–H groups in total. The van der Waals surface area contributed by atoms with E-state index in [1.807, 2.05) is 4.90 Å². The Balaban J connectivity index is 1.93. The van der Waals surface area contributed by atoms with Crippen LogP contribution < -0.4 is 0 Å². The minimum atomic E-state index is -0.801. The van der Waals surface area contributed by atoms with E-state index in [-0.39, 0.29) is 17.9 Å². The lowest BCUT2D eigenvalue weighted by molar-refractivity contribution is -0.142. The van der Waals surface area contributed by atoms with Gasteiger partial charge >= 0.3 is 11.9 Å². The number of likely N-dealkylation sites (tertiary alicyclic amines) is 1.